The first-order valence-electron chi connectivity index (χ1n) is 8.57. The van der Waals surface area contributed by atoms with E-state index in [1.807, 2.05) is 18.2 Å². The van der Waals surface area contributed by atoms with Crippen LogP contribution < -0.4 is 10.6 Å². The third-order valence-electron chi connectivity index (χ3n) is 3.99. The lowest BCUT2D eigenvalue weighted by Gasteiger charge is -2.17. The summed E-state index contributed by atoms with van der Waals surface area (Å²) in [6, 6.07) is 8.77. The SMILES string of the molecule is COC(=O)CCCCC1=C(NC(C)=O)[C@@H](NC(=O)c2ccccc2)CS1. The van der Waals surface area contributed by atoms with E-state index in [1.54, 1.807) is 23.9 Å². The van der Waals surface area contributed by atoms with E-state index in [9.17, 15) is 14.4 Å². The first kappa shape index (κ1) is 20.0. The number of unbranched alkanes of at least 4 members (excludes halogenated alkanes) is 1. The van der Waals surface area contributed by atoms with Crippen molar-refractivity contribution in [3.8, 4) is 0 Å². The van der Waals surface area contributed by atoms with Crippen molar-refractivity contribution in [2.45, 2.75) is 38.6 Å². The predicted octanol–water partition coefficient (Wildman–Crippen LogP) is 2.61. The van der Waals surface area contributed by atoms with Crippen LogP contribution in [0.15, 0.2) is 40.9 Å². The van der Waals surface area contributed by atoms with Gasteiger partial charge in [-0.2, -0.15) is 0 Å². The Kier molecular flexibility index (Phi) is 7.72. The molecule has 1 aromatic carbocycles. The molecule has 0 bridgehead atoms. The number of methoxy groups -OCH3 is 1. The molecule has 0 radical (unpaired) electrons. The van der Waals surface area contributed by atoms with Crippen molar-refractivity contribution in [1.29, 1.82) is 0 Å². The molecule has 0 saturated carbocycles. The lowest BCUT2D eigenvalue weighted by Crippen LogP contribution is -2.41. The van der Waals surface area contributed by atoms with Crippen molar-refractivity contribution < 1.29 is 19.1 Å². The minimum atomic E-state index is -0.229. The van der Waals surface area contributed by atoms with Crippen molar-refractivity contribution in [2.24, 2.45) is 0 Å². The van der Waals surface area contributed by atoms with Crippen molar-refractivity contribution in [3.63, 3.8) is 0 Å². The summed E-state index contributed by atoms with van der Waals surface area (Å²) in [7, 11) is 1.38. The molecule has 2 N–H and O–H groups in total. The topological polar surface area (TPSA) is 84.5 Å². The molecule has 6 nitrogen and oxygen atoms in total. The van der Waals surface area contributed by atoms with Gasteiger partial charge in [0.1, 0.15) is 0 Å². The van der Waals surface area contributed by atoms with Gasteiger partial charge in [-0.25, -0.2) is 0 Å². The number of ether oxygens (including phenoxy) is 1. The second-order valence-corrected chi connectivity index (χ2v) is 7.12. The number of rotatable bonds is 8. The molecular formula is C19H24N2O4S. The number of amides is 2. The maximum Gasteiger partial charge on any atom is 0.305 e. The van der Waals surface area contributed by atoms with Crippen LogP contribution in [-0.4, -0.2) is 36.7 Å². The molecule has 0 saturated heterocycles. The second kappa shape index (κ2) is 10.0. The van der Waals surface area contributed by atoms with Crippen LogP contribution in [0.4, 0.5) is 0 Å². The van der Waals surface area contributed by atoms with E-state index in [1.165, 1.54) is 14.0 Å². The van der Waals surface area contributed by atoms with E-state index in [2.05, 4.69) is 15.4 Å². The van der Waals surface area contributed by atoms with Crippen LogP contribution in [-0.2, 0) is 14.3 Å². The fourth-order valence-electron chi connectivity index (χ4n) is 2.69. The minimum Gasteiger partial charge on any atom is -0.469 e. The van der Waals surface area contributed by atoms with Gasteiger partial charge in [0.15, 0.2) is 0 Å². The van der Waals surface area contributed by atoms with Crippen LogP contribution in [0.5, 0.6) is 0 Å². The highest BCUT2D eigenvalue weighted by molar-refractivity contribution is 8.03. The largest absolute Gasteiger partial charge is 0.469 e. The quantitative estimate of drug-likeness (QED) is 0.538. The number of hydrogen-bond donors (Lipinski definition) is 2. The zero-order chi connectivity index (χ0) is 18.9. The number of hydrogen-bond acceptors (Lipinski definition) is 5. The second-order valence-electron chi connectivity index (χ2n) is 6.00. The van der Waals surface area contributed by atoms with Gasteiger partial charge in [0.2, 0.25) is 5.91 Å². The van der Waals surface area contributed by atoms with Gasteiger partial charge in [-0.05, 0) is 31.4 Å². The number of carbonyl (C=O) groups is 3. The molecule has 1 heterocycles. The third kappa shape index (κ3) is 5.91. The molecule has 2 rings (SSSR count). The van der Waals surface area contributed by atoms with Crippen molar-refractivity contribution >= 4 is 29.5 Å². The fourth-order valence-corrected chi connectivity index (χ4v) is 3.95. The van der Waals surface area contributed by atoms with Crippen molar-refractivity contribution in [3.05, 3.63) is 46.5 Å². The van der Waals surface area contributed by atoms with Crippen molar-refractivity contribution in [2.75, 3.05) is 12.9 Å². The fraction of sp³-hybridized carbons (Fsp3) is 0.421. The Hall–Kier alpha value is -2.28. The highest BCUT2D eigenvalue weighted by Gasteiger charge is 2.28. The molecule has 26 heavy (non-hydrogen) atoms. The van der Waals surface area contributed by atoms with Crippen LogP contribution >= 0.6 is 11.8 Å². The standard InChI is InChI=1S/C19H24N2O4S/c1-13(22)20-18-15(21-19(24)14-8-4-3-5-9-14)12-26-16(18)10-6-7-11-17(23)25-2/h3-5,8-9,15H,6-7,10-12H2,1-2H3,(H,20,22)(H,21,24)/t15-/m0/s1. The number of allylic oxidation sites excluding steroid dienone is 1. The third-order valence-corrected chi connectivity index (χ3v) is 5.26. The number of benzene rings is 1. The van der Waals surface area contributed by atoms with Gasteiger partial charge in [0.05, 0.1) is 18.8 Å². The van der Waals surface area contributed by atoms with Gasteiger partial charge in [0, 0.05) is 29.6 Å². The Bertz CT molecular complexity index is 688. The summed E-state index contributed by atoms with van der Waals surface area (Å²) in [5, 5.41) is 5.86. The maximum absolute atomic E-state index is 12.4. The Morgan fingerprint density at radius 2 is 1.92 bits per heavy atom. The van der Waals surface area contributed by atoms with Gasteiger partial charge in [-0.15, -0.1) is 11.8 Å². The molecule has 2 amide bonds. The van der Waals surface area contributed by atoms with Gasteiger partial charge in [-0.1, -0.05) is 18.2 Å². The molecule has 0 aliphatic carbocycles. The van der Waals surface area contributed by atoms with E-state index in [-0.39, 0.29) is 23.8 Å². The Morgan fingerprint density at radius 3 is 2.58 bits per heavy atom. The number of esters is 1. The zero-order valence-electron chi connectivity index (χ0n) is 15.0. The molecule has 1 atom stereocenters. The molecule has 0 unspecified atom stereocenters. The summed E-state index contributed by atoms with van der Waals surface area (Å²) in [4.78, 5) is 36.2. The molecule has 1 aromatic rings. The summed E-state index contributed by atoms with van der Waals surface area (Å²) in [5.41, 5.74) is 1.36. The zero-order valence-corrected chi connectivity index (χ0v) is 15.9. The average molecular weight is 376 g/mol. The molecule has 1 aliphatic rings. The minimum absolute atomic E-state index is 0.159. The monoisotopic (exact) mass is 376 g/mol. The van der Waals surface area contributed by atoms with Crippen LogP contribution in [0.2, 0.25) is 0 Å². The van der Waals surface area contributed by atoms with Crippen LogP contribution in [0.3, 0.4) is 0 Å². The molecule has 0 fully saturated rings. The normalized spacial score (nSPS) is 16.3. The van der Waals surface area contributed by atoms with E-state index < -0.39 is 0 Å². The van der Waals surface area contributed by atoms with Crippen molar-refractivity contribution in [1.82, 2.24) is 10.6 Å². The van der Waals surface area contributed by atoms with E-state index >= 15 is 0 Å². The van der Waals surface area contributed by atoms with Crippen LogP contribution in [0.25, 0.3) is 0 Å². The van der Waals surface area contributed by atoms with E-state index in [0.29, 0.717) is 17.7 Å². The Labute approximate surface area is 157 Å². The van der Waals surface area contributed by atoms with E-state index in [4.69, 9.17) is 0 Å². The smallest absolute Gasteiger partial charge is 0.305 e. The Morgan fingerprint density at radius 1 is 1.19 bits per heavy atom. The molecule has 0 spiro atoms. The summed E-state index contributed by atoms with van der Waals surface area (Å²) in [6.45, 7) is 1.46. The maximum atomic E-state index is 12.4. The summed E-state index contributed by atoms with van der Waals surface area (Å²) in [5.74, 6) is 0.146. The van der Waals surface area contributed by atoms with Gasteiger partial charge < -0.3 is 15.4 Å². The molecule has 140 valence electrons. The summed E-state index contributed by atoms with van der Waals surface area (Å²) in [6.07, 6.45) is 2.69. The van der Waals surface area contributed by atoms with Crippen LogP contribution in [0.1, 0.15) is 43.0 Å². The number of thioether (sulfide) groups is 1. The number of carbonyl (C=O) groups excluding carboxylic acids is 3. The Balaban J connectivity index is 1.99. The summed E-state index contributed by atoms with van der Waals surface area (Å²) < 4.78 is 4.64. The molecule has 0 aromatic heterocycles. The molecule has 7 heteroatoms. The highest BCUT2D eigenvalue weighted by Crippen LogP contribution is 2.34. The van der Waals surface area contributed by atoms with Gasteiger partial charge in [-0.3, -0.25) is 14.4 Å². The molecular weight excluding hydrogens is 352 g/mol. The number of nitrogens with one attached hydrogen (secondary N) is 2. The van der Waals surface area contributed by atoms with Gasteiger partial charge >= 0.3 is 5.97 Å². The first-order chi connectivity index (χ1) is 12.5. The lowest BCUT2D eigenvalue weighted by molar-refractivity contribution is -0.140. The highest BCUT2D eigenvalue weighted by atomic mass is 32.2. The van der Waals surface area contributed by atoms with E-state index in [0.717, 1.165) is 29.9 Å². The average Bonchev–Trinajstić information content (AvgIpc) is 3.00. The predicted molar refractivity (Wildman–Crippen MR) is 101 cm³/mol. The lowest BCUT2D eigenvalue weighted by atomic mass is 10.1. The first-order valence-corrected chi connectivity index (χ1v) is 9.56. The summed E-state index contributed by atoms with van der Waals surface area (Å²) >= 11 is 1.64. The van der Waals surface area contributed by atoms with Crippen LogP contribution in [0, 0.1) is 0 Å². The molecule has 1 aliphatic heterocycles. The van der Waals surface area contributed by atoms with Gasteiger partial charge in [0.25, 0.3) is 5.91 Å².